The van der Waals surface area contributed by atoms with E-state index in [4.69, 9.17) is 5.10 Å². The van der Waals surface area contributed by atoms with Crippen molar-refractivity contribution in [2.75, 3.05) is 12.8 Å². The van der Waals surface area contributed by atoms with E-state index in [1.54, 1.807) is 11.7 Å². The number of rotatable bonds is 7. The third-order valence-corrected chi connectivity index (χ3v) is 10.2. The number of ketones is 1. The fourth-order valence-electron chi connectivity index (χ4n) is 5.95. The summed E-state index contributed by atoms with van der Waals surface area (Å²) in [5.74, 6) is 0.286. The molecule has 7 heteroatoms. The van der Waals surface area contributed by atoms with Crippen LogP contribution in [-0.2, 0) is 21.4 Å². The van der Waals surface area contributed by atoms with Crippen molar-refractivity contribution >= 4 is 15.8 Å². The van der Waals surface area contributed by atoms with Crippen molar-refractivity contribution in [1.29, 1.82) is 0 Å². The molecule has 0 radical (unpaired) electrons. The van der Waals surface area contributed by atoms with Crippen LogP contribution in [0.1, 0.15) is 38.7 Å². The normalized spacial score (nSPS) is 23.6. The minimum atomic E-state index is -3.67. The Balaban J connectivity index is 1.47. The highest BCUT2D eigenvalue weighted by atomic mass is 32.2. The third-order valence-electron chi connectivity index (χ3n) is 8.29. The lowest BCUT2D eigenvalue weighted by atomic mass is 9.70. The van der Waals surface area contributed by atoms with Crippen molar-refractivity contribution in [2.45, 2.75) is 39.7 Å². The number of aromatic nitrogens is 2. The molecular formula is C27H31N3O3S. The number of hydrogen-bond acceptors (Lipinski definition) is 4. The van der Waals surface area contributed by atoms with E-state index in [2.05, 4.69) is 13.8 Å². The molecule has 0 saturated heterocycles. The smallest absolute Gasteiger partial charge is 0.215 e. The van der Waals surface area contributed by atoms with E-state index in [-0.39, 0.29) is 29.4 Å². The molecule has 2 unspecified atom stereocenters. The highest BCUT2D eigenvalue weighted by Gasteiger charge is 2.65. The van der Waals surface area contributed by atoms with Gasteiger partial charge in [-0.2, -0.15) is 5.10 Å². The second-order valence-corrected chi connectivity index (χ2v) is 12.4. The minimum absolute atomic E-state index is 0.118. The van der Waals surface area contributed by atoms with Gasteiger partial charge in [0.05, 0.1) is 17.1 Å². The average molecular weight is 478 g/mol. The molecule has 2 aromatic carbocycles. The van der Waals surface area contributed by atoms with Crippen molar-refractivity contribution < 1.29 is 13.2 Å². The predicted octanol–water partition coefficient (Wildman–Crippen LogP) is 4.70. The summed E-state index contributed by atoms with van der Waals surface area (Å²) >= 11 is 0. The molecule has 0 aliphatic heterocycles. The van der Waals surface area contributed by atoms with Gasteiger partial charge in [-0.3, -0.25) is 4.79 Å². The SMILES string of the molecule is CN(Cc1cn(-c2ccccc2)nc1-c1ccccc1)S(=O)(=O)CC12CCC(CC1=O)C2(C)C. The molecule has 2 fully saturated rings. The third kappa shape index (κ3) is 3.62. The highest BCUT2D eigenvalue weighted by Crippen LogP contribution is 2.64. The zero-order chi connectivity index (χ0) is 24.1. The van der Waals surface area contributed by atoms with E-state index in [9.17, 15) is 13.2 Å². The summed E-state index contributed by atoms with van der Waals surface area (Å²) in [5, 5.41) is 4.80. The lowest BCUT2D eigenvalue weighted by molar-refractivity contribution is -0.128. The Morgan fingerprint density at radius 2 is 1.71 bits per heavy atom. The number of fused-ring (bicyclic) bond motifs is 2. The number of nitrogens with zero attached hydrogens (tertiary/aromatic N) is 3. The van der Waals surface area contributed by atoms with Crippen LogP contribution in [0, 0.1) is 16.7 Å². The number of hydrogen-bond donors (Lipinski definition) is 0. The average Bonchev–Trinajstić information content (AvgIpc) is 3.40. The van der Waals surface area contributed by atoms with Crippen molar-refractivity contribution in [3.63, 3.8) is 0 Å². The first-order chi connectivity index (χ1) is 16.1. The quantitative estimate of drug-likeness (QED) is 0.495. The van der Waals surface area contributed by atoms with Gasteiger partial charge in [-0.1, -0.05) is 62.4 Å². The van der Waals surface area contributed by atoms with Gasteiger partial charge >= 0.3 is 0 Å². The van der Waals surface area contributed by atoms with Crippen molar-refractivity contribution in [2.24, 2.45) is 16.7 Å². The van der Waals surface area contributed by atoms with Gasteiger partial charge in [0.1, 0.15) is 5.78 Å². The second-order valence-electron chi connectivity index (χ2n) is 10.3. The zero-order valence-electron chi connectivity index (χ0n) is 19.9. The molecular weight excluding hydrogens is 446 g/mol. The van der Waals surface area contributed by atoms with Crippen LogP contribution in [0.15, 0.2) is 66.9 Å². The van der Waals surface area contributed by atoms with Crippen LogP contribution < -0.4 is 0 Å². The lowest BCUT2D eigenvalue weighted by Crippen LogP contribution is -2.45. The summed E-state index contributed by atoms with van der Waals surface area (Å²) in [4.78, 5) is 12.9. The van der Waals surface area contributed by atoms with Crippen molar-refractivity contribution in [3.05, 3.63) is 72.4 Å². The molecule has 2 bridgehead atoms. The Bertz CT molecular complexity index is 1320. The van der Waals surface area contributed by atoms with Gasteiger partial charge < -0.3 is 0 Å². The van der Waals surface area contributed by atoms with Gasteiger partial charge in [0.2, 0.25) is 10.0 Å². The fourth-order valence-corrected chi connectivity index (χ4v) is 7.80. The first-order valence-corrected chi connectivity index (χ1v) is 13.4. The molecule has 1 heterocycles. The van der Waals surface area contributed by atoms with Crippen molar-refractivity contribution in [1.82, 2.24) is 14.1 Å². The number of sulfonamides is 1. The summed E-state index contributed by atoms with van der Waals surface area (Å²) in [6.45, 7) is 4.33. The molecule has 0 spiro atoms. The van der Waals surface area contributed by atoms with Gasteiger partial charge in [0.25, 0.3) is 0 Å². The molecule has 34 heavy (non-hydrogen) atoms. The summed E-state index contributed by atoms with van der Waals surface area (Å²) in [6.07, 6.45) is 4.00. The minimum Gasteiger partial charge on any atom is -0.299 e. The molecule has 0 amide bonds. The summed E-state index contributed by atoms with van der Waals surface area (Å²) in [7, 11) is -2.06. The molecule has 5 rings (SSSR count). The van der Waals surface area contributed by atoms with Gasteiger partial charge in [0, 0.05) is 42.8 Å². The van der Waals surface area contributed by atoms with E-state index in [0.717, 1.165) is 28.9 Å². The molecule has 2 aliphatic rings. The summed E-state index contributed by atoms with van der Waals surface area (Å²) < 4.78 is 30.3. The maximum absolute atomic E-state index is 13.6. The van der Waals surface area contributed by atoms with Crippen LogP contribution in [0.25, 0.3) is 16.9 Å². The Labute approximate surface area is 201 Å². The van der Waals surface area contributed by atoms with Crippen LogP contribution in [0.3, 0.4) is 0 Å². The van der Waals surface area contributed by atoms with Gasteiger partial charge in [0.15, 0.2) is 0 Å². The van der Waals surface area contributed by atoms with E-state index in [1.807, 2.05) is 66.9 Å². The van der Waals surface area contributed by atoms with Crippen molar-refractivity contribution in [3.8, 4) is 16.9 Å². The van der Waals surface area contributed by atoms with E-state index < -0.39 is 15.4 Å². The Hall–Kier alpha value is -2.77. The lowest BCUT2D eigenvalue weighted by Gasteiger charge is -2.37. The largest absolute Gasteiger partial charge is 0.299 e. The molecule has 1 aromatic heterocycles. The Kier molecular flexibility index (Phi) is 5.52. The summed E-state index contributed by atoms with van der Waals surface area (Å²) in [5.41, 5.74) is 2.35. The first kappa shape index (κ1) is 23.0. The number of Topliss-reactive ketones (excluding diaryl/α,β-unsaturated/α-hetero) is 1. The number of carbonyl (C=O) groups excluding carboxylic acids is 1. The van der Waals surface area contributed by atoms with Crippen LogP contribution in [0.4, 0.5) is 0 Å². The van der Waals surface area contributed by atoms with E-state index in [1.165, 1.54) is 4.31 Å². The fraction of sp³-hybridized carbons (Fsp3) is 0.407. The molecule has 6 nitrogen and oxygen atoms in total. The van der Waals surface area contributed by atoms with Crippen LogP contribution >= 0.6 is 0 Å². The Morgan fingerprint density at radius 3 is 2.29 bits per heavy atom. The standard InChI is InChI=1S/C27H31N3O3S/c1-26(2)22-14-15-27(26,24(31)16-22)19-34(32,33)29(3)17-21-18-30(23-12-8-5-9-13-23)28-25(21)20-10-6-4-7-11-20/h4-13,18,22H,14-17,19H2,1-3H3. The Morgan fingerprint density at radius 1 is 1.06 bits per heavy atom. The molecule has 2 atom stereocenters. The van der Waals surface area contributed by atoms with Crippen LogP contribution in [0.2, 0.25) is 0 Å². The maximum atomic E-state index is 13.6. The number of para-hydroxylation sites is 1. The predicted molar refractivity (Wildman–Crippen MR) is 133 cm³/mol. The van der Waals surface area contributed by atoms with Gasteiger partial charge in [-0.05, 0) is 36.3 Å². The van der Waals surface area contributed by atoms with Crippen LogP contribution in [-0.4, -0.2) is 41.1 Å². The highest BCUT2D eigenvalue weighted by molar-refractivity contribution is 7.89. The topological polar surface area (TPSA) is 72.3 Å². The number of benzene rings is 2. The van der Waals surface area contributed by atoms with Gasteiger partial charge in [-0.25, -0.2) is 17.4 Å². The van der Waals surface area contributed by atoms with Gasteiger partial charge in [-0.15, -0.1) is 0 Å². The molecule has 2 aliphatic carbocycles. The molecule has 0 N–H and O–H groups in total. The molecule has 3 aromatic rings. The monoisotopic (exact) mass is 477 g/mol. The zero-order valence-corrected chi connectivity index (χ0v) is 20.8. The summed E-state index contributed by atoms with van der Waals surface area (Å²) in [6, 6.07) is 19.6. The number of carbonyl (C=O) groups is 1. The molecule has 2 saturated carbocycles. The van der Waals surface area contributed by atoms with E-state index >= 15 is 0 Å². The molecule has 178 valence electrons. The maximum Gasteiger partial charge on any atom is 0.215 e. The second kappa shape index (κ2) is 8.17. The van der Waals surface area contributed by atoms with E-state index in [0.29, 0.717) is 12.8 Å². The first-order valence-electron chi connectivity index (χ1n) is 11.8. The van der Waals surface area contributed by atoms with Crippen LogP contribution in [0.5, 0.6) is 0 Å².